The topological polar surface area (TPSA) is 35.5 Å². The number of carbonyl (C=O) groups excluding carboxylic acids is 1. The summed E-state index contributed by atoms with van der Waals surface area (Å²) in [5.74, 6) is 0.945. The molecule has 19 heavy (non-hydrogen) atoms. The van der Waals surface area contributed by atoms with Gasteiger partial charge in [-0.2, -0.15) is 0 Å². The van der Waals surface area contributed by atoms with E-state index in [-0.39, 0.29) is 24.8 Å². The summed E-state index contributed by atoms with van der Waals surface area (Å²) >= 11 is 0. The molecule has 1 aliphatic heterocycles. The maximum absolute atomic E-state index is 12.8. The number of carbonyl (C=O) groups is 1. The van der Waals surface area contributed by atoms with Crippen LogP contribution >= 0.6 is 0 Å². The summed E-state index contributed by atoms with van der Waals surface area (Å²) in [5, 5.41) is 0. The summed E-state index contributed by atoms with van der Waals surface area (Å²) in [4.78, 5) is 12.0. The monoisotopic (exact) mass is 258 g/mol. The highest BCUT2D eigenvalue weighted by atomic mass is 19.1. The number of ketones is 1. The first-order valence-corrected chi connectivity index (χ1v) is 5.90. The number of benzene rings is 2. The molecule has 96 valence electrons. The van der Waals surface area contributed by atoms with Crippen LogP contribution in [0, 0.1) is 5.82 Å². The molecular formula is C15H11FO3. The zero-order valence-electron chi connectivity index (χ0n) is 10.1. The summed E-state index contributed by atoms with van der Waals surface area (Å²) < 4.78 is 23.3. The fourth-order valence-corrected chi connectivity index (χ4v) is 1.97. The molecule has 4 heteroatoms. The van der Waals surface area contributed by atoms with E-state index in [1.54, 1.807) is 12.1 Å². The van der Waals surface area contributed by atoms with Crippen LogP contribution in [0.25, 0.3) is 0 Å². The minimum Gasteiger partial charge on any atom is -0.454 e. The molecule has 0 aliphatic carbocycles. The molecule has 3 nitrogen and oxygen atoms in total. The van der Waals surface area contributed by atoms with E-state index in [1.807, 2.05) is 6.07 Å². The van der Waals surface area contributed by atoms with Gasteiger partial charge in [-0.3, -0.25) is 4.79 Å². The van der Waals surface area contributed by atoms with Crippen LogP contribution in [0.15, 0.2) is 42.5 Å². The molecule has 0 fully saturated rings. The smallest absolute Gasteiger partial charge is 0.231 e. The molecule has 0 aromatic heterocycles. The average Bonchev–Trinajstić information content (AvgIpc) is 2.87. The number of ether oxygens (including phenoxy) is 2. The van der Waals surface area contributed by atoms with Crippen molar-refractivity contribution in [3.8, 4) is 11.5 Å². The van der Waals surface area contributed by atoms with Crippen molar-refractivity contribution in [1.82, 2.24) is 0 Å². The highest BCUT2D eigenvalue weighted by Gasteiger charge is 2.15. The molecule has 0 saturated heterocycles. The van der Waals surface area contributed by atoms with Crippen molar-refractivity contribution >= 4 is 5.78 Å². The number of rotatable bonds is 3. The van der Waals surface area contributed by atoms with Crippen molar-refractivity contribution in [1.29, 1.82) is 0 Å². The fraction of sp³-hybridized carbons (Fsp3) is 0.133. The molecule has 1 heterocycles. The number of hydrogen-bond acceptors (Lipinski definition) is 3. The Bertz CT molecular complexity index is 620. The van der Waals surface area contributed by atoms with E-state index in [9.17, 15) is 9.18 Å². The van der Waals surface area contributed by atoms with Crippen LogP contribution in [-0.2, 0) is 6.42 Å². The van der Waals surface area contributed by atoms with E-state index in [0.29, 0.717) is 17.1 Å². The van der Waals surface area contributed by atoms with Gasteiger partial charge in [0.05, 0.1) is 0 Å². The first-order valence-electron chi connectivity index (χ1n) is 5.90. The third kappa shape index (κ3) is 2.42. The van der Waals surface area contributed by atoms with Gasteiger partial charge in [0.2, 0.25) is 6.79 Å². The summed E-state index contributed by atoms with van der Waals surface area (Å²) in [6.45, 7) is 0.213. The lowest BCUT2D eigenvalue weighted by atomic mass is 10.0. The number of hydrogen-bond donors (Lipinski definition) is 0. The van der Waals surface area contributed by atoms with Crippen molar-refractivity contribution < 1.29 is 18.7 Å². The molecule has 1 aliphatic rings. The van der Waals surface area contributed by atoms with Gasteiger partial charge in [0.15, 0.2) is 17.3 Å². The molecule has 0 radical (unpaired) electrons. The number of halogens is 1. The largest absolute Gasteiger partial charge is 0.454 e. The Hall–Kier alpha value is -2.36. The van der Waals surface area contributed by atoms with Crippen molar-refractivity contribution in [3.63, 3.8) is 0 Å². The second-order valence-electron chi connectivity index (χ2n) is 4.29. The third-order valence-corrected chi connectivity index (χ3v) is 2.97. The predicted molar refractivity (Wildman–Crippen MR) is 67.0 cm³/mol. The maximum Gasteiger partial charge on any atom is 0.231 e. The zero-order chi connectivity index (χ0) is 13.2. The standard InChI is InChI=1S/C15H11FO3/c16-12-4-2-11(3-5-12)13(17)7-10-1-6-14-15(8-10)19-9-18-14/h1-6,8H,7,9H2. The molecule has 0 bridgehead atoms. The first-order chi connectivity index (χ1) is 9.22. The van der Waals surface area contributed by atoms with Gasteiger partial charge in [0, 0.05) is 12.0 Å². The van der Waals surface area contributed by atoms with Crippen LogP contribution in [0.2, 0.25) is 0 Å². The van der Waals surface area contributed by atoms with Gasteiger partial charge < -0.3 is 9.47 Å². The van der Waals surface area contributed by atoms with Crippen LogP contribution in [0.1, 0.15) is 15.9 Å². The Labute approximate surface area is 109 Å². The van der Waals surface area contributed by atoms with Crippen molar-refractivity contribution in [3.05, 3.63) is 59.4 Å². The quantitative estimate of drug-likeness (QED) is 0.794. The second kappa shape index (κ2) is 4.72. The maximum atomic E-state index is 12.8. The molecule has 0 amide bonds. The van der Waals surface area contributed by atoms with Crippen LogP contribution in [0.4, 0.5) is 4.39 Å². The van der Waals surface area contributed by atoms with Gasteiger partial charge in [-0.15, -0.1) is 0 Å². The lowest BCUT2D eigenvalue weighted by Gasteiger charge is -2.03. The van der Waals surface area contributed by atoms with Crippen LogP contribution in [-0.4, -0.2) is 12.6 Å². The minimum absolute atomic E-state index is 0.0566. The molecule has 0 N–H and O–H groups in total. The molecule has 0 unspecified atom stereocenters. The SMILES string of the molecule is O=C(Cc1ccc2c(c1)OCO2)c1ccc(F)cc1. The van der Waals surface area contributed by atoms with Crippen LogP contribution < -0.4 is 9.47 Å². The molecule has 2 aromatic rings. The first kappa shape index (κ1) is 11.7. The van der Waals surface area contributed by atoms with Crippen LogP contribution in [0.5, 0.6) is 11.5 Å². The number of Topliss-reactive ketones (excluding diaryl/α,β-unsaturated/α-hetero) is 1. The Morgan fingerprint density at radius 2 is 1.79 bits per heavy atom. The van der Waals surface area contributed by atoms with Gasteiger partial charge >= 0.3 is 0 Å². The Balaban J connectivity index is 1.77. The van der Waals surface area contributed by atoms with E-state index in [4.69, 9.17) is 9.47 Å². The molecule has 2 aromatic carbocycles. The van der Waals surface area contributed by atoms with Crippen molar-refractivity contribution in [2.45, 2.75) is 6.42 Å². The second-order valence-corrected chi connectivity index (χ2v) is 4.29. The Morgan fingerprint density at radius 3 is 2.58 bits per heavy atom. The van der Waals surface area contributed by atoms with Gasteiger partial charge in [-0.05, 0) is 42.0 Å². The van der Waals surface area contributed by atoms with Gasteiger partial charge in [0.25, 0.3) is 0 Å². The Kier molecular flexibility index (Phi) is 2.91. The average molecular weight is 258 g/mol. The normalized spacial score (nSPS) is 12.5. The van der Waals surface area contributed by atoms with E-state index in [0.717, 1.165) is 5.56 Å². The van der Waals surface area contributed by atoms with Gasteiger partial charge in [-0.1, -0.05) is 6.07 Å². The van der Waals surface area contributed by atoms with E-state index < -0.39 is 0 Å². The molecular weight excluding hydrogens is 247 g/mol. The van der Waals surface area contributed by atoms with Gasteiger partial charge in [0.1, 0.15) is 5.82 Å². The lowest BCUT2D eigenvalue weighted by molar-refractivity contribution is 0.0993. The van der Waals surface area contributed by atoms with E-state index >= 15 is 0 Å². The van der Waals surface area contributed by atoms with Crippen LogP contribution in [0.3, 0.4) is 0 Å². The summed E-state index contributed by atoms with van der Waals surface area (Å²) in [6.07, 6.45) is 0.252. The summed E-state index contributed by atoms with van der Waals surface area (Å²) in [6, 6.07) is 11.0. The number of fused-ring (bicyclic) bond motifs is 1. The van der Waals surface area contributed by atoms with Crippen molar-refractivity contribution in [2.24, 2.45) is 0 Å². The lowest BCUT2D eigenvalue weighted by Crippen LogP contribution is -2.03. The van der Waals surface area contributed by atoms with E-state index in [1.165, 1.54) is 24.3 Å². The molecule has 0 spiro atoms. The van der Waals surface area contributed by atoms with Gasteiger partial charge in [-0.25, -0.2) is 4.39 Å². The molecule has 0 atom stereocenters. The van der Waals surface area contributed by atoms with E-state index in [2.05, 4.69) is 0 Å². The molecule has 0 saturated carbocycles. The Morgan fingerprint density at radius 1 is 1.05 bits per heavy atom. The molecule has 3 rings (SSSR count). The van der Waals surface area contributed by atoms with Crippen molar-refractivity contribution in [2.75, 3.05) is 6.79 Å². The highest BCUT2D eigenvalue weighted by molar-refractivity contribution is 5.97. The fourth-order valence-electron chi connectivity index (χ4n) is 1.97. The zero-order valence-corrected chi connectivity index (χ0v) is 10.1. The minimum atomic E-state index is -0.348. The summed E-state index contributed by atoms with van der Waals surface area (Å²) in [7, 11) is 0. The predicted octanol–water partition coefficient (Wildman–Crippen LogP) is 2.98. The highest BCUT2D eigenvalue weighted by Crippen LogP contribution is 2.32. The third-order valence-electron chi connectivity index (χ3n) is 2.97. The summed E-state index contributed by atoms with van der Waals surface area (Å²) in [5.41, 5.74) is 1.35.